The van der Waals surface area contributed by atoms with Gasteiger partial charge < -0.3 is 15.2 Å². The molecule has 0 saturated heterocycles. The molecule has 0 aromatic heterocycles. The molecule has 0 aliphatic carbocycles. The van der Waals surface area contributed by atoms with E-state index >= 15 is 0 Å². The first-order valence-electron chi connectivity index (χ1n) is 4.86. The highest BCUT2D eigenvalue weighted by atomic mass is 19.1. The van der Waals surface area contributed by atoms with E-state index in [1.54, 1.807) is 0 Å². The summed E-state index contributed by atoms with van der Waals surface area (Å²) in [5, 5.41) is 11.0. The monoisotopic (exact) mass is 241 g/mol. The molecule has 6 heteroatoms. The molecule has 92 valence electrons. The van der Waals surface area contributed by atoms with E-state index in [-0.39, 0.29) is 24.3 Å². The lowest BCUT2D eigenvalue weighted by Gasteiger charge is -2.06. The standard InChI is InChI=1S/C11H12FNO4/c1-17-5-4-10(14)13-9-3-2-7(11(15)16)6-8(9)12/h2-3,6H,4-5H2,1H3,(H,13,14)(H,15,16). The Hall–Kier alpha value is -1.95. The van der Waals surface area contributed by atoms with E-state index in [0.717, 1.165) is 6.07 Å². The number of carboxylic acid groups (broad SMARTS) is 1. The van der Waals surface area contributed by atoms with Crippen molar-refractivity contribution in [2.75, 3.05) is 19.0 Å². The second-order valence-electron chi connectivity index (χ2n) is 3.29. The predicted octanol–water partition coefficient (Wildman–Crippen LogP) is 1.50. The Balaban J connectivity index is 2.72. The number of nitrogens with one attached hydrogen (secondary N) is 1. The van der Waals surface area contributed by atoms with Crippen LogP contribution in [0.5, 0.6) is 0 Å². The van der Waals surface area contributed by atoms with Gasteiger partial charge >= 0.3 is 5.97 Å². The average molecular weight is 241 g/mol. The number of hydrogen-bond donors (Lipinski definition) is 2. The Morgan fingerprint density at radius 1 is 1.47 bits per heavy atom. The normalized spacial score (nSPS) is 10.0. The smallest absolute Gasteiger partial charge is 0.335 e. The first-order valence-corrected chi connectivity index (χ1v) is 4.86. The number of anilines is 1. The molecule has 5 nitrogen and oxygen atoms in total. The number of carboxylic acids is 1. The molecule has 0 atom stereocenters. The van der Waals surface area contributed by atoms with E-state index in [4.69, 9.17) is 9.84 Å². The number of benzene rings is 1. The molecule has 1 amide bonds. The highest BCUT2D eigenvalue weighted by molar-refractivity contribution is 5.92. The summed E-state index contributed by atoms with van der Waals surface area (Å²) in [6.07, 6.45) is 0.108. The summed E-state index contributed by atoms with van der Waals surface area (Å²) in [5.74, 6) is -2.40. The number of aromatic carboxylic acids is 1. The van der Waals surface area contributed by atoms with Crippen LogP contribution < -0.4 is 5.32 Å². The largest absolute Gasteiger partial charge is 0.478 e. The van der Waals surface area contributed by atoms with Crippen molar-refractivity contribution in [3.63, 3.8) is 0 Å². The van der Waals surface area contributed by atoms with Gasteiger partial charge in [0.1, 0.15) is 5.82 Å². The number of amides is 1. The Kier molecular flexibility index (Phi) is 4.59. The summed E-state index contributed by atoms with van der Waals surface area (Å²) < 4.78 is 18.1. The fourth-order valence-corrected chi connectivity index (χ4v) is 1.16. The van der Waals surface area contributed by atoms with Gasteiger partial charge in [-0.25, -0.2) is 9.18 Å². The minimum absolute atomic E-state index is 0.0453. The van der Waals surface area contributed by atoms with Gasteiger partial charge in [0, 0.05) is 7.11 Å². The van der Waals surface area contributed by atoms with Crippen LogP contribution >= 0.6 is 0 Å². The fourth-order valence-electron chi connectivity index (χ4n) is 1.16. The van der Waals surface area contributed by atoms with Gasteiger partial charge in [-0.2, -0.15) is 0 Å². The Morgan fingerprint density at radius 2 is 2.18 bits per heavy atom. The Morgan fingerprint density at radius 3 is 2.71 bits per heavy atom. The first-order chi connectivity index (χ1) is 8.04. The Bertz CT molecular complexity index is 433. The summed E-state index contributed by atoms with van der Waals surface area (Å²) >= 11 is 0. The zero-order chi connectivity index (χ0) is 12.8. The molecule has 0 aliphatic heterocycles. The number of carbonyl (C=O) groups is 2. The molecular formula is C11H12FNO4. The van der Waals surface area contributed by atoms with Crippen LogP contribution in [0.15, 0.2) is 18.2 Å². The lowest BCUT2D eigenvalue weighted by Crippen LogP contribution is -2.14. The van der Waals surface area contributed by atoms with E-state index in [1.807, 2.05) is 0 Å². The van der Waals surface area contributed by atoms with Crippen molar-refractivity contribution in [3.05, 3.63) is 29.6 Å². The van der Waals surface area contributed by atoms with Crippen LogP contribution in [0.1, 0.15) is 16.8 Å². The molecule has 1 rings (SSSR count). The molecule has 0 fully saturated rings. The summed E-state index contributed by atoms with van der Waals surface area (Å²) in [7, 11) is 1.45. The van der Waals surface area contributed by atoms with Gasteiger partial charge in [0.25, 0.3) is 0 Å². The number of rotatable bonds is 5. The van der Waals surface area contributed by atoms with Crippen LogP contribution in [0, 0.1) is 5.82 Å². The maximum Gasteiger partial charge on any atom is 0.335 e. The van der Waals surface area contributed by atoms with Crippen molar-refractivity contribution in [3.8, 4) is 0 Å². The molecule has 0 spiro atoms. The number of ether oxygens (including phenoxy) is 1. The minimum atomic E-state index is -1.22. The molecule has 2 N–H and O–H groups in total. The van der Waals surface area contributed by atoms with E-state index < -0.39 is 17.7 Å². The molecular weight excluding hydrogens is 229 g/mol. The van der Waals surface area contributed by atoms with Crippen molar-refractivity contribution in [2.24, 2.45) is 0 Å². The maximum atomic E-state index is 13.4. The van der Waals surface area contributed by atoms with Crippen LogP contribution in [0.25, 0.3) is 0 Å². The predicted molar refractivity (Wildman–Crippen MR) is 58.5 cm³/mol. The number of methoxy groups -OCH3 is 1. The molecule has 0 bridgehead atoms. The zero-order valence-corrected chi connectivity index (χ0v) is 9.20. The van der Waals surface area contributed by atoms with Crippen LogP contribution in [0.3, 0.4) is 0 Å². The minimum Gasteiger partial charge on any atom is -0.478 e. The van der Waals surface area contributed by atoms with Gasteiger partial charge in [0.15, 0.2) is 0 Å². The third-order valence-electron chi connectivity index (χ3n) is 2.02. The summed E-state index contributed by atoms with van der Waals surface area (Å²) in [4.78, 5) is 21.8. The van der Waals surface area contributed by atoms with E-state index in [0.29, 0.717) is 0 Å². The molecule has 17 heavy (non-hydrogen) atoms. The number of halogens is 1. The molecule has 1 aromatic rings. The van der Waals surface area contributed by atoms with Crippen LogP contribution in [0.4, 0.5) is 10.1 Å². The number of carbonyl (C=O) groups excluding carboxylic acids is 1. The molecule has 0 aliphatic rings. The van der Waals surface area contributed by atoms with Gasteiger partial charge in [-0.05, 0) is 18.2 Å². The van der Waals surface area contributed by atoms with Crippen LogP contribution in [-0.2, 0) is 9.53 Å². The molecule has 1 aromatic carbocycles. The van der Waals surface area contributed by atoms with Crippen LogP contribution in [-0.4, -0.2) is 30.7 Å². The van der Waals surface area contributed by atoms with Gasteiger partial charge in [-0.3, -0.25) is 4.79 Å². The quantitative estimate of drug-likeness (QED) is 0.819. The average Bonchev–Trinajstić information content (AvgIpc) is 2.28. The lowest BCUT2D eigenvalue weighted by atomic mass is 10.2. The maximum absolute atomic E-state index is 13.4. The summed E-state index contributed by atoms with van der Waals surface area (Å²) in [6, 6.07) is 3.29. The molecule has 0 saturated carbocycles. The van der Waals surface area contributed by atoms with Gasteiger partial charge in [0.2, 0.25) is 5.91 Å². The van der Waals surface area contributed by atoms with Crippen molar-refractivity contribution < 1.29 is 23.8 Å². The fraction of sp³-hybridized carbons (Fsp3) is 0.273. The van der Waals surface area contributed by atoms with E-state index in [9.17, 15) is 14.0 Å². The van der Waals surface area contributed by atoms with Crippen molar-refractivity contribution in [1.29, 1.82) is 0 Å². The van der Waals surface area contributed by atoms with Crippen molar-refractivity contribution in [1.82, 2.24) is 0 Å². The SMILES string of the molecule is COCCC(=O)Nc1ccc(C(=O)O)cc1F. The lowest BCUT2D eigenvalue weighted by molar-refractivity contribution is -0.117. The van der Waals surface area contributed by atoms with Crippen LogP contribution in [0.2, 0.25) is 0 Å². The molecule has 0 unspecified atom stereocenters. The topological polar surface area (TPSA) is 75.6 Å². The summed E-state index contributed by atoms with van der Waals surface area (Å²) in [5.41, 5.74) is -0.214. The second kappa shape index (κ2) is 5.95. The Labute approximate surface area is 97.2 Å². The second-order valence-corrected chi connectivity index (χ2v) is 3.29. The van der Waals surface area contributed by atoms with Gasteiger partial charge in [-0.1, -0.05) is 0 Å². The van der Waals surface area contributed by atoms with Gasteiger partial charge in [0.05, 0.1) is 24.3 Å². The third kappa shape index (κ3) is 3.84. The summed E-state index contributed by atoms with van der Waals surface area (Å²) in [6.45, 7) is 0.237. The molecule has 0 radical (unpaired) electrons. The third-order valence-corrected chi connectivity index (χ3v) is 2.02. The number of hydrogen-bond acceptors (Lipinski definition) is 3. The molecule has 0 heterocycles. The van der Waals surface area contributed by atoms with E-state index in [1.165, 1.54) is 19.2 Å². The van der Waals surface area contributed by atoms with E-state index in [2.05, 4.69) is 5.32 Å². The highest BCUT2D eigenvalue weighted by Gasteiger charge is 2.10. The van der Waals surface area contributed by atoms with Crippen molar-refractivity contribution in [2.45, 2.75) is 6.42 Å². The first kappa shape index (κ1) is 13.1. The van der Waals surface area contributed by atoms with Crippen molar-refractivity contribution >= 4 is 17.6 Å². The zero-order valence-electron chi connectivity index (χ0n) is 9.20. The van der Waals surface area contributed by atoms with Gasteiger partial charge in [-0.15, -0.1) is 0 Å². The highest BCUT2D eigenvalue weighted by Crippen LogP contribution is 2.16.